The number of carbonyl (C=O) groups is 3. The number of Topliss-reactive ketones (excluding diaryl/α,β-unsaturated/α-hetero) is 3. The lowest BCUT2D eigenvalue weighted by atomic mass is 9.92. The van der Waals surface area contributed by atoms with Gasteiger partial charge in [-0.15, -0.1) is 0 Å². The van der Waals surface area contributed by atoms with Gasteiger partial charge in [0, 0.05) is 24.0 Å². The Bertz CT molecular complexity index is 695. The molecule has 1 unspecified atom stereocenters. The summed E-state index contributed by atoms with van der Waals surface area (Å²) >= 11 is 0. The van der Waals surface area contributed by atoms with Gasteiger partial charge in [0.15, 0.2) is 5.60 Å². The minimum atomic E-state index is -4.27. The van der Waals surface area contributed by atoms with Gasteiger partial charge in [0.2, 0.25) is 11.6 Å². The fourth-order valence-corrected chi connectivity index (χ4v) is 2.53. The van der Waals surface area contributed by atoms with E-state index in [1.165, 1.54) is 18.2 Å². The first-order valence-electron chi connectivity index (χ1n) is 7.19. The molecule has 0 saturated carbocycles. The number of benzene rings is 1. The highest BCUT2D eigenvalue weighted by atomic mass is 19.4. The van der Waals surface area contributed by atoms with E-state index in [9.17, 15) is 32.7 Å². The number of ketones is 3. The van der Waals surface area contributed by atoms with Crippen LogP contribution in [0.2, 0.25) is 0 Å². The summed E-state index contributed by atoms with van der Waals surface area (Å²) in [6.07, 6.45) is -6.14. The zero-order chi connectivity index (χ0) is 18.1. The highest BCUT2D eigenvalue weighted by Gasteiger charge is 2.52. The molecule has 0 radical (unpaired) electrons. The fourth-order valence-electron chi connectivity index (χ4n) is 2.53. The first kappa shape index (κ1) is 18.1. The molecular weight excluding hydrogens is 329 g/mol. The maximum atomic E-state index is 12.3. The SMILES string of the molecule is CC(=O)CC1(O)C(=O)c2ccc(OCCCC(F)(F)F)cc2C1=O. The predicted octanol–water partition coefficient (Wildman–Crippen LogP) is 2.50. The fraction of sp³-hybridized carbons (Fsp3) is 0.438. The molecule has 5 nitrogen and oxygen atoms in total. The van der Waals surface area contributed by atoms with Crippen LogP contribution in [0.4, 0.5) is 13.2 Å². The Hall–Kier alpha value is -2.22. The summed E-state index contributed by atoms with van der Waals surface area (Å²) in [5.41, 5.74) is -2.55. The first-order valence-corrected chi connectivity index (χ1v) is 7.19. The largest absolute Gasteiger partial charge is 0.494 e. The molecule has 8 heteroatoms. The number of alkyl halides is 3. The van der Waals surface area contributed by atoms with Crippen molar-refractivity contribution in [1.29, 1.82) is 0 Å². The molecule has 24 heavy (non-hydrogen) atoms. The van der Waals surface area contributed by atoms with Crippen LogP contribution >= 0.6 is 0 Å². The van der Waals surface area contributed by atoms with Crippen molar-refractivity contribution in [2.24, 2.45) is 0 Å². The molecule has 0 aromatic heterocycles. The van der Waals surface area contributed by atoms with Crippen molar-refractivity contribution in [2.45, 2.75) is 38.0 Å². The van der Waals surface area contributed by atoms with E-state index in [0.717, 1.165) is 6.92 Å². The third kappa shape index (κ3) is 3.64. The molecule has 1 aliphatic carbocycles. The zero-order valence-corrected chi connectivity index (χ0v) is 12.8. The Morgan fingerprint density at radius 2 is 1.83 bits per heavy atom. The van der Waals surface area contributed by atoms with Gasteiger partial charge in [0.1, 0.15) is 11.5 Å². The summed E-state index contributed by atoms with van der Waals surface area (Å²) in [4.78, 5) is 35.6. The minimum absolute atomic E-state index is 0.0357. The maximum Gasteiger partial charge on any atom is 0.389 e. The monoisotopic (exact) mass is 344 g/mol. The number of ether oxygens (including phenoxy) is 1. The van der Waals surface area contributed by atoms with Crippen LogP contribution in [0.5, 0.6) is 5.75 Å². The van der Waals surface area contributed by atoms with Gasteiger partial charge in [-0.1, -0.05) is 0 Å². The average Bonchev–Trinajstić information content (AvgIpc) is 2.64. The third-order valence-electron chi connectivity index (χ3n) is 3.61. The molecule has 1 aromatic rings. The summed E-state index contributed by atoms with van der Waals surface area (Å²) in [6.45, 7) is 0.939. The van der Waals surface area contributed by atoms with Gasteiger partial charge in [-0.2, -0.15) is 13.2 Å². The van der Waals surface area contributed by atoms with E-state index in [0.29, 0.717) is 0 Å². The van der Waals surface area contributed by atoms with Gasteiger partial charge in [-0.25, -0.2) is 0 Å². The first-order chi connectivity index (χ1) is 11.0. The Morgan fingerprint density at radius 1 is 1.21 bits per heavy atom. The number of rotatable bonds is 6. The second-order valence-corrected chi connectivity index (χ2v) is 5.67. The number of hydrogen-bond acceptors (Lipinski definition) is 5. The van der Waals surface area contributed by atoms with E-state index < -0.39 is 42.0 Å². The molecule has 0 fully saturated rings. The van der Waals surface area contributed by atoms with Gasteiger partial charge in [-0.3, -0.25) is 14.4 Å². The summed E-state index contributed by atoms with van der Waals surface area (Å²) in [5.74, 6) is -2.17. The number of hydrogen-bond donors (Lipinski definition) is 1. The van der Waals surface area contributed by atoms with Crippen LogP contribution in [-0.4, -0.2) is 40.8 Å². The minimum Gasteiger partial charge on any atom is -0.494 e. The highest BCUT2D eigenvalue weighted by Crippen LogP contribution is 2.35. The van der Waals surface area contributed by atoms with Crippen molar-refractivity contribution >= 4 is 17.3 Å². The molecule has 0 heterocycles. The summed E-state index contributed by atoms with van der Waals surface area (Å²) < 4.78 is 41.3. The molecule has 0 bridgehead atoms. The van der Waals surface area contributed by atoms with Crippen molar-refractivity contribution in [3.8, 4) is 5.75 Å². The van der Waals surface area contributed by atoms with Crippen LogP contribution in [0.25, 0.3) is 0 Å². The normalized spacial score (nSPS) is 20.2. The van der Waals surface area contributed by atoms with E-state index in [4.69, 9.17) is 4.74 Å². The summed E-state index contributed by atoms with van der Waals surface area (Å²) in [5, 5.41) is 10.2. The molecule has 0 amide bonds. The standard InChI is InChI=1S/C16H15F3O5/c1-9(20)8-15(23)13(21)11-4-3-10(7-12(11)14(15)22)24-6-2-5-16(17,18)19/h3-4,7,23H,2,5-6,8H2,1H3. The van der Waals surface area contributed by atoms with E-state index in [2.05, 4.69) is 0 Å². The van der Waals surface area contributed by atoms with Crippen LogP contribution in [0, 0.1) is 0 Å². The maximum absolute atomic E-state index is 12.3. The molecule has 0 spiro atoms. The van der Waals surface area contributed by atoms with Crippen molar-refractivity contribution in [3.05, 3.63) is 29.3 Å². The lowest BCUT2D eigenvalue weighted by Gasteiger charge is -2.16. The van der Waals surface area contributed by atoms with Crippen LogP contribution in [-0.2, 0) is 4.79 Å². The molecule has 1 aromatic carbocycles. The van der Waals surface area contributed by atoms with Gasteiger partial charge in [-0.05, 0) is 31.5 Å². The van der Waals surface area contributed by atoms with Crippen LogP contribution < -0.4 is 4.74 Å². The Morgan fingerprint density at radius 3 is 2.42 bits per heavy atom. The van der Waals surface area contributed by atoms with Gasteiger partial charge < -0.3 is 9.84 Å². The van der Waals surface area contributed by atoms with Crippen molar-refractivity contribution in [1.82, 2.24) is 0 Å². The van der Waals surface area contributed by atoms with Crippen molar-refractivity contribution < 1.29 is 37.4 Å². The van der Waals surface area contributed by atoms with Gasteiger partial charge in [0.05, 0.1) is 6.61 Å². The molecule has 1 N–H and O–H groups in total. The lowest BCUT2D eigenvalue weighted by molar-refractivity contribution is -0.136. The number of aliphatic hydroxyl groups is 1. The van der Waals surface area contributed by atoms with Crippen LogP contribution in [0.1, 0.15) is 46.9 Å². The molecule has 2 rings (SSSR count). The Labute approximate surface area is 135 Å². The second kappa shape index (κ2) is 6.35. The molecule has 1 atom stereocenters. The quantitative estimate of drug-likeness (QED) is 0.633. The molecule has 130 valence electrons. The van der Waals surface area contributed by atoms with Gasteiger partial charge >= 0.3 is 6.18 Å². The number of halogens is 3. The Balaban J connectivity index is 2.12. The number of carbonyl (C=O) groups excluding carboxylic acids is 3. The smallest absolute Gasteiger partial charge is 0.389 e. The summed E-state index contributed by atoms with van der Waals surface area (Å²) in [7, 11) is 0. The zero-order valence-electron chi connectivity index (χ0n) is 12.8. The second-order valence-electron chi connectivity index (χ2n) is 5.67. The van der Waals surface area contributed by atoms with E-state index in [1.54, 1.807) is 0 Å². The van der Waals surface area contributed by atoms with Crippen molar-refractivity contribution in [2.75, 3.05) is 6.61 Å². The topological polar surface area (TPSA) is 80.7 Å². The average molecular weight is 344 g/mol. The summed E-state index contributed by atoms with van der Waals surface area (Å²) in [6, 6.07) is 3.78. The molecule has 1 aliphatic rings. The molecule has 0 aliphatic heterocycles. The highest BCUT2D eigenvalue weighted by molar-refractivity contribution is 6.33. The Kier molecular flexibility index (Phi) is 4.80. The van der Waals surface area contributed by atoms with Gasteiger partial charge in [0.25, 0.3) is 0 Å². The third-order valence-corrected chi connectivity index (χ3v) is 3.61. The van der Waals surface area contributed by atoms with Crippen LogP contribution in [0.15, 0.2) is 18.2 Å². The molecule has 0 saturated heterocycles. The van der Waals surface area contributed by atoms with E-state index >= 15 is 0 Å². The predicted molar refractivity (Wildman–Crippen MR) is 76.1 cm³/mol. The van der Waals surface area contributed by atoms with Crippen LogP contribution in [0.3, 0.4) is 0 Å². The van der Waals surface area contributed by atoms with E-state index in [1.807, 2.05) is 0 Å². The van der Waals surface area contributed by atoms with E-state index in [-0.39, 0.29) is 29.9 Å². The van der Waals surface area contributed by atoms with Crippen molar-refractivity contribution in [3.63, 3.8) is 0 Å². The number of fused-ring (bicyclic) bond motifs is 1. The molecular formula is C16H15F3O5. The lowest BCUT2D eigenvalue weighted by Crippen LogP contribution is -2.42.